The SMILES string of the molecule is CC(C)[Si](c1cc(C(=O)OCc2ccc(CNCc3ccc(CCc4ccc(CCc5ccc(CNCc6ccc(COC(=O)c7cc([Si](C(C)C)(C(C)C)C(C)C)cc([Si](C(C)C)(C(C)C)C(C)C)c7)cc6)cc5)cc4)cc3)cc2)cc([Si](C(C)C)(C(C)C)C(C)C)c1)(C(C)C)C(C)C. The minimum atomic E-state index is -2.07. The molecule has 0 bridgehead atoms. The van der Waals surface area contributed by atoms with Crippen LogP contribution in [0.3, 0.4) is 0 Å². The molecule has 0 heterocycles. The number of carbonyl (C=O) groups is 2. The van der Waals surface area contributed by atoms with Crippen LogP contribution in [0.1, 0.15) is 243 Å². The number of hydrogen-bond donors (Lipinski definition) is 2. The van der Waals surface area contributed by atoms with E-state index in [1.807, 2.05) is 0 Å². The molecule has 0 radical (unpaired) electrons. The number of carbonyl (C=O) groups excluding carboxylic acids is 2. The summed E-state index contributed by atoms with van der Waals surface area (Å²) in [6, 6.07) is 58.5. The van der Waals surface area contributed by atoms with E-state index in [9.17, 15) is 9.59 Å². The lowest BCUT2D eigenvalue weighted by Gasteiger charge is -2.47. The highest BCUT2D eigenvalue weighted by Crippen LogP contribution is 2.46. The van der Waals surface area contributed by atoms with Gasteiger partial charge in [0.1, 0.15) is 13.2 Å². The Kier molecular flexibility index (Phi) is 29.5. The van der Waals surface area contributed by atoms with Crippen molar-refractivity contribution in [3.05, 3.63) is 224 Å². The third-order valence-corrected chi connectivity index (χ3v) is 52.5. The fraction of sp³-hybridized carbons (Fsp3) is 0.511. The lowest BCUT2D eigenvalue weighted by atomic mass is 9.99. The summed E-state index contributed by atoms with van der Waals surface area (Å²) in [6.45, 7) is 61.7. The van der Waals surface area contributed by atoms with Gasteiger partial charge in [0.2, 0.25) is 0 Å². The van der Waals surface area contributed by atoms with Gasteiger partial charge in [-0.15, -0.1) is 0 Å². The molecule has 0 aliphatic rings. The van der Waals surface area contributed by atoms with Crippen molar-refractivity contribution in [2.45, 2.75) is 298 Å². The van der Waals surface area contributed by atoms with Gasteiger partial charge < -0.3 is 20.1 Å². The summed E-state index contributed by atoms with van der Waals surface area (Å²) in [6.07, 6.45) is 4.04. The molecule has 7 rings (SSSR count). The topological polar surface area (TPSA) is 76.7 Å². The van der Waals surface area contributed by atoms with Crippen molar-refractivity contribution in [2.24, 2.45) is 0 Å². The fourth-order valence-electron chi connectivity index (χ4n) is 20.3. The molecule has 542 valence electrons. The largest absolute Gasteiger partial charge is 0.457 e. The van der Waals surface area contributed by atoms with Crippen LogP contribution in [0.25, 0.3) is 0 Å². The second-order valence-electron chi connectivity index (χ2n) is 33.6. The van der Waals surface area contributed by atoms with Crippen LogP contribution in [0.2, 0.25) is 66.5 Å². The molecule has 0 fully saturated rings. The van der Waals surface area contributed by atoms with Gasteiger partial charge in [-0.2, -0.15) is 0 Å². The van der Waals surface area contributed by atoms with Crippen molar-refractivity contribution in [3.63, 3.8) is 0 Å². The number of hydrogen-bond acceptors (Lipinski definition) is 6. The van der Waals surface area contributed by atoms with Crippen molar-refractivity contribution in [2.75, 3.05) is 0 Å². The first-order valence-electron chi connectivity index (χ1n) is 38.7. The predicted octanol–water partition coefficient (Wildman–Crippen LogP) is 22.1. The van der Waals surface area contributed by atoms with E-state index >= 15 is 0 Å². The summed E-state index contributed by atoms with van der Waals surface area (Å²) in [5.41, 5.74) is 20.3. The molecule has 0 saturated carbocycles. The van der Waals surface area contributed by atoms with Crippen LogP contribution in [0.4, 0.5) is 0 Å². The third-order valence-electron chi connectivity index (χ3n) is 24.4. The van der Waals surface area contributed by atoms with Crippen LogP contribution < -0.4 is 31.4 Å². The predicted molar refractivity (Wildman–Crippen MR) is 442 cm³/mol. The Morgan fingerprint density at radius 2 is 0.410 bits per heavy atom. The maximum absolute atomic E-state index is 14.3. The highest BCUT2D eigenvalue weighted by Gasteiger charge is 2.51. The molecular weight excluding hydrogens is 1290 g/mol. The average Bonchev–Trinajstić information content (AvgIpc) is 0.743. The van der Waals surface area contributed by atoms with Crippen LogP contribution >= 0.6 is 0 Å². The molecule has 0 aliphatic heterocycles. The van der Waals surface area contributed by atoms with Crippen LogP contribution in [0.5, 0.6) is 0 Å². The van der Waals surface area contributed by atoms with Gasteiger partial charge in [-0.25, -0.2) is 9.59 Å². The maximum atomic E-state index is 14.3. The molecule has 0 amide bonds. The molecule has 0 spiro atoms. The summed E-state index contributed by atoms with van der Waals surface area (Å²) >= 11 is 0. The Balaban J connectivity index is 0.830. The van der Waals surface area contributed by atoms with E-state index < -0.39 is 32.3 Å². The molecule has 7 aromatic carbocycles. The van der Waals surface area contributed by atoms with Crippen molar-refractivity contribution in [1.82, 2.24) is 10.6 Å². The minimum Gasteiger partial charge on any atom is -0.457 e. The first-order valence-corrected chi connectivity index (χ1v) is 47.7. The molecule has 0 atom stereocenters. The Bertz CT molecular complexity index is 3260. The van der Waals surface area contributed by atoms with Crippen molar-refractivity contribution >= 4 is 65.0 Å². The summed E-state index contributed by atoms with van der Waals surface area (Å²) in [4.78, 5) is 28.5. The molecule has 6 nitrogen and oxygen atoms in total. The lowest BCUT2D eigenvalue weighted by molar-refractivity contribution is 0.0464. The molecule has 0 unspecified atom stereocenters. The fourth-order valence-corrected chi connectivity index (χ4v) is 47.8. The molecule has 7 aromatic rings. The molecule has 0 saturated heterocycles. The lowest BCUT2D eigenvalue weighted by Crippen LogP contribution is -2.60. The van der Waals surface area contributed by atoms with Crippen LogP contribution in [-0.2, 0) is 74.5 Å². The Morgan fingerprint density at radius 1 is 0.250 bits per heavy atom. The summed E-state index contributed by atoms with van der Waals surface area (Å²) in [5, 5.41) is 13.0. The number of rotatable bonds is 36. The molecule has 2 N–H and O–H groups in total. The number of benzene rings is 7. The summed E-state index contributed by atoms with van der Waals surface area (Å²) in [7, 11) is -8.28. The van der Waals surface area contributed by atoms with Crippen LogP contribution in [0, 0.1) is 0 Å². The zero-order chi connectivity index (χ0) is 73.6. The van der Waals surface area contributed by atoms with E-state index in [1.165, 1.54) is 65.3 Å². The minimum absolute atomic E-state index is 0.214. The standard InChI is InChI=1S/C90H132N2O4Si4/c1-61(2)97(62(3)4,63(5)6)85-49-83(50-86(53-85)98(64(7)8,65(9)10)66(11)12)89(93)95-59-81-45-41-79(42-46-81)57-91-55-77-37-33-75(34-38-77)31-29-73-25-27-74(28-26-73)30-32-76-35-39-78(40-36-76)56-92-58-80-43-47-82(48-44-80)60-96-90(94)84-51-87(99(67(13)14,68(15)16)69(17)18)54-88(52-84)100(70(19)20,71(21)22)72(23)24/h25-28,33-54,61-72,91-92H,29-32,55-60H2,1-24H3. The number of nitrogens with one attached hydrogen (secondary N) is 2. The molecule has 100 heavy (non-hydrogen) atoms. The Morgan fingerprint density at radius 3 is 0.580 bits per heavy atom. The first kappa shape index (κ1) is 81.6. The van der Waals surface area contributed by atoms with E-state index in [2.05, 4.69) is 335 Å². The monoisotopic (exact) mass is 1420 g/mol. The van der Waals surface area contributed by atoms with Gasteiger partial charge in [0, 0.05) is 26.2 Å². The number of aryl methyl sites for hydroxylation is 4. The second kappa shape index (κ2) is 36.1. The zero-order valence-electron chi connectivity index (χ0n) is 66.6. The quantitative estimate of drug-likeness (QED) is 0.0301. The van der Waals surface area contributed by atoms with Gasteiger partial charge in [0.15, 0.2) is 0 Å². The van der Waals surface area contributed by atoms with Crippen LogP contribution in [-0.4, -0.2) is 44.2 Å². The van der Waals surface area contributed by atoms with Crippen molar-refractivity contribution in [1.29, 1.82) is 0 Å². The average molecular weight is 1420 g/mol. The first-order chi connectivity index (χ1) is 47.3. The van der Waals surface area contributed by atoms with Crippen molar-refractivity contribution < 1.29 is 19.1 Å². The van der Waals surface area contributed by atoms with Gasteiger partial charge in [-0.3, -0.25) is 0 Å². The molecular formula is C90H132N2O4Si4. The normalized spacial score (nSPS) is 12.8. The summed E-state index contributed by atoms with van der Waals surface area (Å²) < 4.78 is 12.4. The van der Waals surface area contributed by atoms with Gasteiger partial charge in [-0.05, 0) is 172 Å². The Labute approximate surface area is 612 Å². The van der Waals surface area contributed by atoms with Crippen molar-refractivity contribution in [3.8, 4) is 0 Å². The van der Waals surface area contributed by atoms with E-state index in [0.29, 0.717) is 66.5 Å². The van der Waals surface area contributed by atoms with E-state index in [-0.39, 0.29) is 25.2 Å². The van der Waals surface area contributed by atoms with E-state index in [1.54, 1.807) is 0 Å². The van der Waals surface area contributed by atoms with Gasteiger partial charge in [-0.1, -0.05) is 320 Å². The zero-order valence-corrected chi connectivity index (χ0v) is 70.6. The number of ether oxygens (including phenoxy) is 2. The third kappa shape index (κ3) is 18.4. The molecule has 10 heteroatoms. The highest BCUT2D eigenvalue weighted by atomic mass is 28.3. The second-order valence-corrected chi connectivity index (χ2v) is 57.3. The summed E-state index contributed by atoms with van der Waals surface area (Å²) in [5.74, 6) is -0.427. The Hall–Kier alpha value is -5.73. The molecule has 0 aromatic heterocycles. The van der Waals surface area contributed by atoms with Crippen LogP contribution in [0.15, 0.2) is 158 Å². The van der Waals surface area contributed by atoms with Gasteiger partial charge in [0.05, 0.1) is 43.4 Å². The number of esters is 2. The molecule has 0 aliphatic carbocycles. The smallest absolute Gasteiger partial charge is 0.338 e. The van der Waals surface area contributed by atoms with Gasteiger partial charge in [0.25, 0.3) is 0 Å². The van der Waals surface area contributed by atoms with Gasteiger partial charge >= 0.3 is 11.9 Å². The van der Waals surface area contributed by atoms with E-state index in [0.717, 1.165) is 74.1 Å². The maximum Gasteiger partial charge on any atom is 0.338 e. The van der Waals surface area contributed by atoms with E-state index in [4.69, 9.17) is 9.47 Å². The highest BCUT2D eigenvalue weighted by molar-refractivity contribution is 6.99.